The minimum Gasteiger partial charge on any atom is -0.497 e. The lowest BCUT2D eigenvalue weighted by Crippen LogP contribution is -2.44. The minimum atomic E-state index is -1.65. The molecule has 0 aliphatic carbocycles. The molecule has 9 heteroatoms. The molecule has 1 fully saturated rings. The molecule has 3 heterocycles. The molecule has 41 heavy (non-hydrogen) atoms. The van der Waals surface area contributed by atoms with Crippen LogP contribution >= 0.6 is 0 Å². The molecule has 3 aromatic carbocycles. The van der Waals surface area contributed by atoms with Crippen molar-refractivity contribution in [1.29, 1.82) is 0 Å². The molecule has 210 valence electrons. The van der Waals surface area contributed by atoms with Crippen LogP contribution in [-0.2, 0) is 10.3 Å². The topological polar surface area (TPSA) is 122 Å². The number of ether oxygens (including phenoxy) is 2. The fourth-order valence-electron chi connectivity index (χ4n) is 5.76. The van der Waals surface area contributed by atoms with Gasteiger partial charge in [-0.25, -0.2) is 9.97 Å². The average molecular weight is 553 g/mol. The molecule has 0 amide bonds. The third-order valence-electron chi connectivity index (χ3n) is 7.94. The van der Waals surface area contributed by atoms with Gasteiger partial charge >= 0.3 is 0 Å². The van der Waals surface area contributed by atoms with E-state index in [0.29, 0.717) is 16.9 Å². The second-order valence-corrected chi connectivity index (χ2v) is 10.4. The van der Waals surface area contributed by atoms with Gasteiger partial charge in [0.15, 0.2) is 6.23 Å². The number of nitrogens with zero attached hydrogens (tertiary/aromatic N) is 3. The monoisotopic (exact) mass is 552 g/mol. The van der Waals surface area contributed by atoms with E-state index in [0.717, 1.165) is 22.4 Å². The highest BCUT2D eigenvalue weighted by molar-refractivity contribution is 5.88. The summed E-state index contributed by atoms with van der Waals surface area (Å²) in [5.41, 5.74) is 0.961. The fourth-order valence-corrected chi connectivity index (χ4v) is 5.76. The standard InChI is InChI=1S/C32H32N4O5/c1-31(39)27(38)26(19-37)41-30(31)36-18-17-25-28(33-20-34-29(25)36)35-32(21-9-5-3-6-10-21,22-11-7-4-8-12-22)23-13-15-24(40-2)16-14-23/h3-18,20,26-27,30,37-39H,19H2,1-2H3,(H,33,34,35)/t26-,27-,30-,31-/m1/s1. The van der Waals surface area contributed by atoms with Gasteiger partial charge in [0.25, 0.3) is 0 Å². The molecule has 9 nitrogen and oxygen atoms in total. The lowest BCUT2D eigenvalue weighted by atomic mass is 9.77. The first-order valence-corrected chi connectivity index (χ1v) is 13.4. The van der Waals surface area contributed by atoms with Crippen LogP contribution in [0.1, 0.15) is 29.8 Å². The second-order valence-electron chi connectivity index (χ2n) is 10.4. The van der Waals surface area contributed by atoms with Crippen molar-refractivity contribution in [2.24, 2.45) is 0 Å². The molecule has 4 atom stereocenters. The predicted molar refractivity (Wildman–Crippen MR) is 155 cm³/mol. The number of aliphatic hydroxyl groups excluding tert-OH is 2. The summed E-state index contributed by atoms with van der Waals surface area (Å²) in [5, 5.41) is 35.9. The van der Waals surface area contributed by atoms with Crippen LogP contribution in [0.5, 0.6) is 5.75 Å². The van der Waals surface area contributed by atoms with Gasteiger partial charge in [-0.05, 0) is 41.8 Å². The summed E-state index contributed by atoms with van der Waals surface area (Å²) >= 11 is 0. The number of aromatic nitrogens is 3. The molecule has 1 aliphatic heterocycles. The molecular formula is C32H32N4O5. The van der Waals surface area contributed by atoms with E-state index in [2.05, 4.69) is 39.6 Å². The van der Waals surface area contributed by atoms with Crippen LogP contribution in [0.3, 0.4) is 0 Å². The van der Waals surface area contributed by atoms with Gasteiger partial charge in [0.2, 0.25) is 0 Å². The Bertz CT molecular complexity index is 1580. The third-order valence-corrected chi connectivity index (χ3v) is 7.94. The summed E-state index contributed by atoms with van der Waals surface area (Å²) in [4.78, 5) is 9.19. The molecular weight excluding hydrogens is 520 g/mol. The summed E-state index contributed by atoms with van der Waals surface area (Å²) < 4.78 is 13.0. The molecule has 1 aliphatic rings. The molecule has 0 radical (unpaired) electrons. The number of hydrogen-bond acceptors (Lipinski definition) is 8. The van der Waals surface area contributed by atoms with Gasteiger partial charge in [-0.3, -0.25) is 0 Å². The number of methoxy groups -OCH3 is 1. The van der Waals surface area contributed by atoms with Crippen molar-refractivity contribution in [3.05, 3.63) is 120 Å². The zero-order chi connectivity index (χ0) is 28.6. The van der Waals surface area contributed by atoms with Gasteiger partial charge < -0.3 is 34.7 Å². The second kappa shape index (κ2) is 10.6. The van der Waals surface area contributed by atoms with Crippen molar-refractivity contribution in [1.82, 2.24) is 14.5 Å². The van der Waals surface area contributed by atoms with Crippen molar-refractivity contribution in [3.63, 3.8) is 0 Å². The quantitative estimate of drug-likeness (QED) is 0.214. The van der Waals surface area contributed by atoms with Gasteiger partial charge in [0.1, 0.15) is 46.9 Å². The number of aliphatic hydroxyl groups is 3. The minimum absolute atomic E-state index is 0.423. The van der Waals surface area contributed by atoms with Crippen LogP contribution in [0, 0.1) is 0 Å². The molecule has 0 saturated carbocycles. The van der Waals surface area contributed by atoms with Crippen LogP contribution in [0.15, 0.2) is 104 Å². The van der Waals surface area contributed by atoms with E-state index in [4.69, 9.17) is 9.47 Å². The first-order chi connectivity index (χ1) is 19.9. The highest BCUT2D eigenvalue weighted by Crippen LogP contribution is 2.43. The zero-order valence-electron chi connectivity index (χ0n) is 22.8. The van der Waals surface area contributed by atoms with E-state index >= 15 is 0 Å². The van der Waals surface area contributed by atoms with Crippen molar-refractivity contribution in [2.45, 2.75) is 36.5 Å². The number of anilines is 1. The van der Waals surface area contributed by atoms with Crippen molar-refractivity contribution in [3.8, 4) is 5.75 Å². The number of nitrogens with one attached hydrogen (secondary N) is 1. The maximum absolute atomic E-state index is 11.1. The lowest BCUT2D eigenvalue weighted by Gasteiger charge is -2.37. The Hall–Kier alpha value is -4.28. The Morgan fingerprint density at radius 3 is 2.10 bits per heavy atom. The molecule has 0 unspecified atom stereocenters. The third kappa shape index (κ3) is 4.43. The highest BCUT2D eigenvalue weighted by atomic mass is 16.6. The molecule has 0 spiro atoms. The largest absolute Gasteiger partial charge is 0.497 e. The van der Waals surface area contributed by atoms with Crippen LogP contribution in [0.25, 0.3) is 11.0 Å². The number of rotatable bonds is 8. The Morgan fingerprint density at radius 1 is 0.927 bits per heavy atom. The lowest BCUT2D eigenvalue weighted by molar-refractivity contribution is -0.0948. The summed E-state index contributed by atoms with van der Waals surface area (Å²) in [6.45, 7) is 1.07. The van der Waals surface area contributed by atoms with Crippen LogP contribution in [0.4, 0.5) is 5.82 Å². The van der Waals surface area contributed by atoms with E-state index in [-0.39, 0.29) is 0 Å². The number of benzene rings is 3. The SMILES string of the molecule is COc1ccc(C(Nc2ncnc3c2ccn3[C@@H]2O[C@H](CO)[C@@H](O)[C@@]2(C)O)(c2ccccc2)c2ccccc2)cc1. The Balaban J connectivity index is 1.53. The predicted octanol–water partition coefficient (Wildman–Crippen LogP) is 3.85. The van der Waals surface area contributed by atoms with E-state index in [9.17, 15) is 15.3 Å². The molecule has 4 N–H and O–H groups in total. The van der Waals surface area contributed by atoms with E-state index in [1.165, 1.54) is 13.3 Å². The summed E-state index contributed by atoms with van der Waals surface area (Å²) in [6.07, 6.45) is 0.0408. The Morgan fingerprint density at radius 2 is 1.54 bits per heavy atom. The number of hydrogen-bond donors (Lipinski definition) is 4. The van der Waals surface area contributed by atoms with Gasteiger partial charge in [-0.1, -0.05) is 72.8 Å². The zero-order valence-corrected chi connectivity index (χ0v) is 22.8. The summed E-state index contributed by atoms with van der Waals surface area (Å²) in [6, 6.07) is 30.1. The van der Waals surface area contributed by atoms with E-state index < -0.39 is 36.2 Å². The smallest absolute Gasteiger partial charge is 0.167 e. The summed E-state index contributed by atoms with van der Waals surface area (Å²) in [5.74, 6) is 1.31. The first kappa shape index (κ1) is 26.9. The maximum Gasteiger partial charge on any atom is 0.167 e. The van der Waals surface area contributed by atoms with Crippen LogP contribution in [0.2, 0.25) is 0 Å². The van der Waals surface area contributed by atoms with Gasteiger partial charge in [0.05, 0.1) is 19.1 Å². The van der Waals surface area contributed by atoms with Crippen molar-refractivity contribution < 1.29 is 24.8 Å². The van der Waals surface area contributed by atoms with Crippen molar-refractivity contribution >= 4 is 16.9 Å². The van der Waals surface area contributed by atoms with E-state index in [1.54, 1.807) is 17.9 Å². The molecule has 5 aromatic rings. The fraction of sp³-hybridized carbons (Fsp3) is 0.250. The van der Waals surface area contributed by atoms with Crippen LogP contribution < -0.4 is 10.1 Å². The number of fused-ring (bicyclic) bond motifs is 1. The average Bonchev–Trinajstić information content (AvgIpc) is 3.54. The summed E-state index contributed by atoms with van der Waals surface area (Å²) in [7, 11) is 1.64. The van der Waals surface area contributed by atoms with E-state index in [1.807, 2.05) is 66.7 Å². The normalized spacial score (nSPS) is 22.6. The molecule has 0 bridgehead atoms. The Kier molecular flexibility index (Phi) is 6.96. The van der Waals surface area contributed by atoms with Gasteiger partial charge in [0, 0.05) is 6.20 Å². The Labute approximate surface area is 237 Å². The first-order valence-electron chi connectivity index (χ1n) is 13.4. The highest BCUT2D eigenvalue weighted by Gasteiger charge is 2.53. The van der Waals surface area contributed by atoms with Gasteiger partial charge in [-0.15, -0.1) is 0 Å². The van der Waals surface area contributed by atoms with Crippen molar-refractivity contribution in [2.75, 3.05) is 19.0 Å². The molecule has 1 saturated heterocycles. The van der Waals surface area contributed by atoms with Gasteiger partial charge in [-0.2, -0.15) is 0 Å². The van der Waals surface area contributed by atoms with Crippen LogP contribution in [-0.4, -0.2) is 61.4 Å². The molecule has 6 rings (SSSR count). The maximum atomic E-state index is 11.1. The molecule has 2 aromatic heterocycles.